The van der Waals surface area contributed by atoms with E-state index < -0.39 is 5.60 Å². The number of carbonyl (C=O) groups excluding carboxylic acids is 1. The Hall–Kier alpha value is -0.610. The van der Waals surface area contributed by atoms with Crippen molar-refractivity contribution in [3.8, 4) is 0 Å². The van der Waals surface area contributed by atoms with Crippen molar-refractivity contribution in [2.45, 2.75) is 59.1 Å². The summed E-state index contributed by atoms with van der Waals surface area (Å²) in [4.78, 5) is 14.1. The number of hydrogen-bond donors (Lipinski definition) is 1. The number of rotatable bonds is 5. The highest BCUT2D eigenvalue weighted by atomic mass is 16.6. The molecule has 1 aliphatic heterocycles. The minimum atomic E-state index is -0.394. The fraction of sp³-hybridized carbons (Fsp3) is 0.933. The first kappa shape index (κ1) is 16.4. The molecular weight excluding hydrogens is 240 g/mol. The molecular formula is C15H30N2O2. The predicted molar refractivity (Wildman–Crippen MR) is 78.1 cm³/mol. The molecule has 112 valence electrons. The standard InChI is InChI=1S/C15H30N2O2/c1-6-17-9-7-13(8-10-17)12(2)16-11-14(18)19-15(3,4)5/h12-13,16H,6-11H2,1-5H3. The zero-order valence-electron chi connectivity index (χ0n) is 13.2. The molecule has 4 nitrogen and oxygen atoms in total. The number of carbonyl (C=O) groups is 1. The molecule has 0 radical (unpaired) electrons. The molecule has 1 N–H and O–H groups in total. The predicted octanol–water partition coefficient (Wildman–Crippen LogP) is 2.04. The van der Waals surface area contributed by atoms with Crippen molar-refractivity contribution in [1.82, 2.24) is 10.2 Å². The zero-order chi connectivity index (χ0) is 14.5. The summed E-state index contributed by atoms with van der Waals surface area (Å²) in [5.41, 5.74) is -0.394. The topological polar surface area (TPSA) is 41.6 Å². The van der Waals surface area contributed by atoms with Gasteiger partial charge in [0, 0.05) is 6.04 Å². The smallest absolute Gasteiger partial charge is 0.320 e. The SMILES string of the molecule is CCN1CCC(C(C)NCC(=O)OC(C)(C)C)CC1. The first-order chi connectivity index (χ1) is 8.81. The van der Waals surface area contributed by atoms with Crippen molar-refractivity contribution >= 4 is 5.97 Å². The second kappa shape index (κ2) is 7.25. The minimum Gasteiger partial charge on any atom is -0.459 e. The first-order valence-electron chi connectivity index (χ1n) is 7.49. The molecule has 0 bridgehead atoms. The minimum absolute atomic E-state index is 0.162. The summed E-state index contributed by atoms with van der Waals surface area (Å²) in [7, 11) is 0. The van der Waals surface area contributed by atoms with Gasteiger partial charge in [0.15, 0.2) is 0 Å². The van der Waals surface area contributed by atoms with Gasteiger partial charge in [0.05, 0.1) is 6.54 Å². The van der Waals surface area contributed by atoms with Crippen LogP contribution in [0.3, 0.4) is 0 Å². The van der Waals surface area contributed by atoms with Crippen LogP contribution in [0, 0.1) is 5.92 Å². The highest BCUT2D eigenvalue weighted by Crippen LogP contribution is 2.20. The van der Waals surface area contributed by atoms with Crippen molar-refractivity contribution < 1.29 is 9.53 Å². The van der Waals surface area contributed by atoms with Crippen molar-refractivity contribution in [1.29, 1.82) is 0 Å². The molecule has 0 amide bonds. The fourth-order valence-corrected chi connectivity index (χ4v) is 2.56. The summed E-state index contributed by atoms with van der Waals surface area (Å²) in [6.07, 6.45) is 2.44. The van der Waals surface area contributed by atoms with Crippen molar-refractivity contribution in [2.75, 3.05) is 26.2 Å². The van der Waals surface area contributed by atoms with E-state index in [-0.39, 0.29) is 5.97 Å². The first-order valence-corrected chi connectivity index (χ1v) is 7.49. The monoisotopic (exact) mass is 270 g/mol. The summed E-state index contributed by atoms with van der Waals surface area (Å²) in [5.74, 6) is 0.510. The molecule has 4 heteroatoms. The molecule has 1 rings (SSSR count). The van der Waals surface area contributed by atoms with E-state index in [1.165, 1.54) is 25.9 Å². The lowest BCUT2D eigenvalue weighted by Gasteiger charge is -2.34. The van der Waals surface area contributed by atoms with E-state index in [2.05, 4.69) is 24.1 Å². The number of nitrogens with one attached hydrogen (secondary N) is 1. The molecule has 1 aliphatic rings. The Labute approximate surface area is 117 Å². The third kappa shape index (κ3) is 6.39. The van der Waals surface area contributed by atoms with Crippen LogP contribution in [-0.4, -0.2) is 48.7 Å². The Morgan fingerprint density at radius 1 is 1.37 bits per heavy atom. The van der Waals surface area contributed by atoms with Gasteiger partial charge in [0.2, 0.25) is 0 Å². The average Bonchev–Trinajstić information content (AvgIpc) is 2.34. The van der Waals surface area contributed by atoms with E-state index >= 15 is 0 Å². The van der Waals surface area contributed by atoms with E-state index in [4.69, 9.17) is 4.74 Å². The number of piperidine rings is 1. The van der Waals surface area contributed by atoms with Crippen LogP contribution in [0.2, 0.25) is 0 Å². The molecule has 19 heavy (non-hydrogen) atoms. The quantitative estimate of drug-likeness (QED) is 0.776. The lowest BCUT2D eigenvalue weighted by molar-refractivity contribution is -0.153. The van der Waals surface area contributed by atoms with Gasteiger partial charge in [-0.05, 0) is 66.1 Å². The van der Waals surface area contributed by atoms with Gasteiger partial charge in [-0.1, -0.05) is 6.92 Å². The molecule has 0 aromatic rings. The van der Waals surface area contributed by atoms with Crippen LogP contribution in [0.5, 0.6) is 0 Å². The van der Waals surface area contributed by atoms with Gasteiger partial charge < -0.3 is 15.0 Å². The number of likely N-dealkylation sites (tertiary alicyclic amines) is 1. The maximum absolute atomic E-state index is 11.7. The van der Waals surface area contributed by atoms with Crippen molar-refractivity contribution in [3.63, 3.8) is 0 Å². The summed E-state index contributed by atoms with van der Waals surface area (Å²) in [5, 5.41) is 3.31. The molecule has 1 unspecified atom stereocenters. The molecule has 0 spiro atoms. The summed E-state index contributed by atoms with van der Waals surface area (Å²) in [6.45, 7) is 13.9. The number of hydrogen-bond acceptors (Lipinski definition) is 4. The second-order valence-corrected chi connectivity index (χ2v) is 6.53. The van der Waals surface area contributed by atoms with E-state index in [1.54, 1.807) is 0 Å². The van der Waals surface area contributed by atoms with Crippen LogP contribution in [0.4, 0.5) is 0 Å². The van der Waals surface area contributed by atoms with Gasteiger partial charge in [0.1, 0.15) is 5.60 Å². The Balaban J connectivity index is 2.24. The number of esters is 1. The van der Waals surface area contributed by atoms with E-state index in [1.807, 2.05) is 20.8 Å². The second-order valence-electron chi connectivity index (χ2n) is 6.53. The van der Waals surface area contributed by atoms with Gasteiger partial charge in [-0.3, -0.25) is 4.79 Å². The highest BCUT2D eigenvalue weighted by Gasteiger charge is 2.24. The Morgan fingerprint density at radius 2 is 1.95 bits per heavy atom. The maximum Gasteiger partial charge on any atom is 0.320 e. The lowest BCUT2D eigenvalue weighted by Crippen LogP contribution is -2.44. The molecule has 1 saturated heterocycles. The fourth-order valence-electron chi connectivity index (χ4n) is 2.56. The molecule has 0 aromatic carbocycles. The van der Waals surface area contributed by atoms with Crippen LogP contribution in [-0.2, 0) is 9.53 Å². The van der Waals surface area contributed by atoms with Gasteiger partial charge in [-0.15, -0.1) is 0 Å². The average molecular weight is 270 g/mol. The third-order valence-corrected chi connectivity index (χ3v) is 3.77. The van der Waals surface area contributed by atoms with Crippen LogP contribution in [0.25, 0.3) is 0 Å². The molecule has 0 aromatic heterocycles. The highest BCUT2D eigenvalue weighted by molar-refractivity contribution is 5.72. The van der Waals surface area contributed by atoms with Crippen molar-refractivity contribution in [3.05, 3.63) is 0 Å². The lowest BCUT2D eigenvalue weighted by atomic mass is 9.90. The third-order valence-electron chi connectivity index (χ3n) is 3.77. The van der Waals surface area contributed by atoms with Gasteiger partial charge in [-0.2, -0.15) is 0 Å². The van der Waals surface area contributed by atoms with E-state index in [0.29, 0.717) is 18.5 Å². The van der Waals surface area contributed by atoms with E-state index in [9.17, 15) is 4.79 Å². The summed E-state index contributed by atoms with van der Waals surface area (Å²) >= 11 is 0. The Morgan fingerprint density at radius 3 is 2.42 bits per heavy atom. The van der Waals surface area contributed by atoms with Gasteiger partial charge in [-0.25, -0.2) is 0 Å². The molecule has 1 atom stereocenters. The van der Waals surface area contributed by atoms with Crippen LogP contribution in [0.15, 0.2) is 0 Å². The van der Waals surface area contributed by atoms with E-state index in [0.717, 1.165) is 6.54 Å². The van der Waals surface area contributed by atoms with Crippen LogP contribution in [0.1, 0.15) is 47.5 Å². The summed E-state index contributed by atoms with van der Waals surface area (Å²) in [6, 6.07) is 0.381. The molecule has 0 saturated carbocycles. The van der Waals surface area contributed by atoms with Crippen LogP contribution < -0.4 is 5.32 Å². The Bertz CT molecular complexity index is 278. The molecule has 1 heterocycles. The largest absolute Gasteiger partial charge is 0.459 e. The maximum atomic E-state index is 11.7. The molecule has 0 aliphatic carbocycles. The normalized spacial score (nSPS) is 20.3. The summed E-state index contributed by atoms with van der Waals surface area (Å²) < 4.78 is 5.30. The molecule has 1 fully saturated rings. The Kier molecular flexibility index (Phi) is 6.27. The van der Waals surface area contributed by atoms with Crippen LogP contribution >= 0.6 is 0 Å². The zero-order valence-corrected chi connectivity index (χ0v) is 13.2. The van der Waals surface area contributed by atoms with Crippen molar-refractivity contribution in [2.24, 2.45) is 5.92 Å². The van der Waals surface area contributed by atoms with Gasteiger partial charge >= 0.3 is 5.97 Å². The number of ether oxygens (including phenoxy) is 1. The number of nitrogens with zero attached hydrogens (tertiary/aromatic N) is 1. The van der Waals surface area contributed by atoms with Gasteiger partial charge in [0.25, 0.3) is 0 Å².